The van der Waals surface area contributed by atoms with E-state index in [0.717, 1.165) is 6.42 Å². The third-order valence-corrected chi connectivity index (χ3v) is 4.91. The molecule has 2 bridgehead atoms. The topological polar surface area (TPSA) is 77.1 Å². The molecule has 4 rings (SSSR count). The average molecular weight is 325 g/mol. The highest BCUT2D eigenvalue weighted by Gasteiger charge is 2.35. The zero-order valence-corrected chi connectivity index (χ0v) is 13.2. The Labute approximate surface area is 139 Å². The second-order valence-electron chi connectivity index (χ2n) is 6.54. The smallest absolute Gasteiger partial charge is 0.267 e. The van der Waals surface area contributed by atoms with E-state index in [0.29, 0.717) is 35.8 Å². The summed E-state index contributed by atoms with van der Waals surface area (Å²) in [7, 11) is 0. The molecule has 2 aromatic rings. The third kappa shape index (κ3) is 2.91. The summed E-state index contributed by atoms with van der Waals surface area (Å²) < 4.78 is 6.45. The quantitative estimate of drug-likeness (QED) is 0.851. The second kappa shape index (κ2) is 6.11. The lowest BCUT2D eigenvalue weighted by molar-refractivity contribution is -0.122. The average Bonchev–Trinajstić information content (AvgIpc) is 3.32. The first kappa shape index (κ1) is 14.9. The molecule has 6 heteroatoms. The summed E-state index contributed by atoms with van der Waals surface area (Å²) in [6.45, 7) is 0.584. The minimum atomic E-state index is -0.302. The Morgan fingerprint density at radius 3 is 2.92 bits per heavy atom. The highest BCUT2D eigenvalue weighted by Crippen LogP contribution is 2.42. The first-order valence-electron chi connectivity index (χ1n) is 8.26. The number of hydrogen-bond acceptors (Lipinski definition) is 4. The van der Waals surface area contributed by atoms with E-state index in [1.54, 1.807) is 24.5 Å². The fourth-order valence-electron chi connectivity index (χ4n) is 3.68. The number of carbonyl (C=O) groups is 1. The summed E-state index contributed by atoms with van der Waals surface area (Å²) in [4.78, 5) is 24.1. The van der Waals surface area contributed by atoms with Crippen LogP contribution in [0.15, 0.2) is 51.9 Å². The van der Waals surface area contributed by atoms with Crippen molar-refractivity contribution in [2.45, 2.75) is 19.4 Å². The summed E-state index contributed by atoms with van der Waals surface area (Å²) in [5.41, 5.74) is 0.231. The lowest BCUT2D eigenvalue weighted by Gasteiger charge is -2.18. The predicted octanol–water partition coefficient (Wildman–Crippen LogP) is 1.83. The fraction of sp³-hybridized carbons (Fsp3) is 0.389. The van der Waals surface area contributed by atoms with E-state index in [2.05, 4.69) is 22.6 Å². The minimum absolute atomic E-state index is 0.0793. The normalized spacial score (nSPS) is 24.4. The third-order valence-electron chi connectivity index (χ3n) is 4.91. The summed E-state index contributed by atoms with van der Waals surface area (Å²) in [6, 6.07) is 6.51. The molecule has 0 spiro atoms. The molecule has 0 aliphatic heterocycles. The molecule has 6 nitrogen and oxygen atoms in total. The number of nitrogens with zero attached hydrogens (tertiary/aromatic N) is 2. The molecule has 2 heterocycles. The van der Waals surface area contributed by atoms with Crippen LogP contribution in [0.25, 0.3) is 11.5 Å². The van der Waals surface area contributed by atoms with E-state index in [4.69, 9.17) is 4.42 Å². The van der Waals surface area contributed by atoms with Crippen LogP contribution in [0.4, 0.5) is 0 Å². The fourth-order valence-corrected chi connectivity index (χ4v) is 3.68. The molecular weight excluding hydrogens is 306 g/mol. The Morgan fingerprint density at radius 1 is 1.29 bits per heavy atom. The van der Waals surface area contributed by atoms with Gasteiger partial charge in [0.1, 0.15) is 12.2 Å². The van der Waals surface area contributed by atoms with Crippen LogP contribution in [0, 0.1) is 17.8 Å². The highest BCUT2D eigenvalue weighted by molar-refractivity contribution is 5.75. The summed E-state index contributed by atoms with van der Waals surface area (Å²) in [5.74, 6) is 2.18. The van der Waals surface area contributed by atoms with E-state index < -0.39 is 0 Å². The molecule has 0 unspecified atom stereocenters. The van der Waals surface area contributed by atoms with Crippen LogP contribution in [0.3, 0.4) is 0 Å². The van der Waals surface area contributed by atoms with Gasteiger partial charge in [0.15, 0.2) is 5.76 Å². The molecular formula is C18H19N3O3. The largest absolute Gasteiger partial charge is 0.463 e. The number of aromatic nitrogens is 2. The van der Waals surface area contributed by atoms with Crippen molar-refractivity contribution < 1.29 is 9.21 Å². The first-order chi connectivity index (χ1) is 11.7. The second-order valence-corrected chi connectivity index (χ2v) is 6.54. The van der Waals surface area contributed by atoms with Crippen LogP contribution in [0.5, 0.6) is 0 Å². The molecule has 3 atom stereocenters. The molecule has 2 aliphatic carbocycles. The van der Waals surface area contributed by atoms with Gasteiger partial charge in [-0.25, -0.2) is 4.68 Å². The van der Waals surface area contributed by atoms with Gasteiger partial charge >= 0.3 is 0 Å². The number of rotatable bonds is 5. The molecule has 0 aromatic carbocycles. The Morgan fingerprint density at radius 2 is 2.21 bits per heavy atom. The lowest BCUT2D eigenvalue weighted by Crippen LogP contribution is -2.36. The van der Waals surface area contributed by atoms with Crippen molar-refractivity contribution in [2.75, 3.05) is 6.54 Å². The Kier molecular flexibility index (Phi) is 3.80. The van der Waals surface area contributed by atoms with Crippen LogP contribution in [0.1, 0.15) is 12.8 Å². The van der Waals surface area contributed by atoms with Crippen molar-refractivity contribution in [3.63, 3.8) is 0 Å². The molecule has 1 N–H and O–H groups in total. The van der Waals surface area contributed by atoms with E-state index in [1.165, 1.54) is 17.2 Å². The van der Waals surface area contributed by atoms with Gasteiger partial charge in [-0.1, -0.05) is 12.2 Å². The van der Waals surface area contributed by atoms with Crippen LogP contribution in [-0.4, -0.2) is 22.2 Å². The van der Waals surface area contributed by atoms with Crippen LogP contribution in [0.2, 0.25) is 0 Å². The van der Waals surface area contributed by atoms with Crippen molar-refractivity contribution in [1.82, 2.24) is 15.1 Å². The van der Waals surface area contributed by atoms with E-state index >= 15 is 0 Å². The Bertz CT molecular complexity index is 822. The van der Waals surface area contributed by atoms with Gasteiger partial charge < -0.3 is 9.73 Å². The van der Waals surface area contributed by atoms with E-state index in [-0.39, 0.29) is 18.0 Å². The molecule has 1 saturated carbocycles. The maximum Gasteiger partial charge on any atom is 0.267 e. The number of fused-ring (bicyclic) bond motifs is 2. The molecule has 0 radical (unpaired) electrons. The van der Waals surface area contributed by atoms with Crippen molar-refractivity contribution in [3.8, 4) is 11.5 Å². The Hall–Kier alpha value is -2.63. The number of furan rings is 1. The highest BCUT2D eigenvalue weighted by atomic mass is 16.3. The van der Waals surface area contributed by atoms with Crippen LogP contribution < -0.4 is 10.9 Å². The van der Waals surface area contributed by atoms with Crippen molar-refractivity contribution in [2.24, 2.45) is 17.8 Å². The standard InChI is InChI=1S/C18H19N3O3/c22-17(19-10-14-9-12-3-4-13(14)8-12)11-21-18(23)6-5-15(20-21)16-2-1-7-24-16/h1-7,12-14H,8-11H2,(H,19,22)/t12-,13-,14+/m1/s1. The summed E-state index contributed by atoms with van der Waals surface area (Å²) in [6.07, 6.45) is 8.46. The number of allylic oxidation sites excluding steroid dienone is 2. The molecule has 2 aromatic heterocycles. The number of nitrogens with one attached hydrogen (secondary N) is 1. The van der Waals surface area contributed by atoms with Crippen molar-refractivity contribution >= 4 is 5.91 Å². The summed E-state index contributed by atoms with van der Waals surface area (Å²) >= 11 is 0. The number of hydrogen-bond donors (Lipinski definition) is 1. The molecule has 2 aliphatic rings. The van der Waals surface area contributed by atoms with Gasteiger partial charge in [0.25, 0.3) is 5.56 Å². The minimum Gasteiger partial charge on any atom is -0.463 e. The SMILES string of the molecule is O=C(Cn1nc(-c2ccco2)ccc1=O)NC[C@@H]1C[C@@H]2C=C[C@@H]1C2. The zero-order chi connectivity index (χ0) is 16.5. The molecule has 1 fully saturated rings. The van der Waals surface area contributed by atoms with E-state index in [1.807, 2.05) is 0 Å². The Balaban J connectivity index is 1.39. The lowest BCUT2D eigenvalue weighted by atomic mass is 9.94. The monoisotopic (exact) mass is 325 g/mol. The van der Waals surface area contributed by atoms with Gasteiger partial charge in [-0.3, -0.25) is 9.59 Å². The van der Waals surface area contributed by atoms with Gasteiger partial charge in [-0.15, -0.1) is 0 Å². The first-order valence-corrected chi connectivity index (χ1v) is 8.26. The van der Waals surface area contributed by atoms with Gasteiger partial charge in [-0.2, -0.15) is 5.10 Å². The molecule has 124 valence electrons. The van der Waals surface area contributed by atoms with Gasteiger partial charge in [0, 0.05) is 12.6 Å². The van der Waals surface area contributed by atoms with Crippen LogP contribution >= 0.6 is 0 Å². The number of amides is 1. The zero-order valence-electron chi connectivity index (χ0n) is 13.2. The van der Waals surface area contributed by atoms with Gasteiger partial charge in [-0.05, 0) is 48.8 Å². The predicted molar refractivity (Wildman–Crippen MR) is 88.1 cm³/mol. The molecule has 24 heavy (non-hydrogen) atoms. The van der Waals surface area contributed by atoms with E-state index in [9.17, 15) is 9.59 Å². The number of carbonyl (C=O) groups excluding carboxylic acids is 1. The molecule has 0 saturated heterocycles. The maximum absolute atomic E-state index is 12.2. The van der Waals surface area contributed by atoms with Crippen LogP contribution in [-0.2, 0) is 11.3 Å². The van der Waals surface area contributed by atoms with Gasteiger partial charge in [0.2, 0.25) is 5.91 Å². The van der Waals surface area contributed by atoms with Crippen molar-refractivity contribution in [1.29, 1.82) is 0 Å². The molecule has 1 amide bonds. The van der Waals surface area contributed by atoms with Crippen molar-refractivity contribution in [3.05, 3.63) is 53.0 Å². The summed E-state index contributed by atoms with van der Waals surface area (Å²) in [5, 5.41) is 7.15. The maximum atomic E-state index is 12.2. The van der Waals surface area contributed by atoms with Gasteiger partial charge in [0.05, 0.1) is 6.26 Å².